The molecule has 0 saturated heterocycles. The molecule has 0 saturated carbocycles. The summed E-state index contributed by atoms with van der Waals surface area (Å²) in [5, 5.41) is 11.0. The second-order valence-corrected chi connectivity index (χ2v) is 3.08. The number of nitrogens with two attached hydrogens (primary N) is 1. The fourth-order valence-electron chi connectivity index (χ4n) is 0.980. The number of rotatable bonds is 5. The number of amides is 1. The zero-order valence-electron chi connectivity index (χ0n) is 8.46. The second kappa shape index (κ2) is 5.76. The monoisotopic (exact) mass is 224 g/mol. The minimum absolute atomic E-state index is 0.173. The van der Waals surface area contributed by atoms with E-state index in [0.717, 1.165) is 0 Å². The van der Waals surface area contributed by atoms with E-state index < -0.39 is 12.0 Å². The van der Waals surface area contributed by atoms with Crippen LogP contribution in [0, 0.1) is 0 Å². The summed E-state index contributed by atoms with van der Waals surface area (Å²) in [5.74, 6) is -1.46. The van der Waals surface area contributed by atoms with Crippen LogP contribution in [0.4, 0.5) is 0 Å². The maximum atomic E-state index is 11.4. The molecule has 16 heavy (non-hydrogen) atoms. The van der Waals surface area contributed by atoms with Crippen LogP contribution in [0.3, 0.4) is 0 Å². The highest BCUT2D eigenvalue weighted by molar-refractivity contribution is 5.92. The van der Waals surface area contributed by atoms with E-state index in [-0.39, 0.29) is 24.6 Å². The Labute approximate surface area is 91.7 Å². The Morgan fingerprint density at radius 1 is 1.56 bits per heavy atom. The minimum atomic E-state index is -1.09. The van der Waals surface area contributed by atoms with Crippen LogP contribution in [0.2, 0.25) is 0 Å². The van der Waals surface area contributed by atoms with Crippen LogP contribution in [0.5, 0.6) is 0 Å². The van der Waals surface area contributed by atoms with Gasteiger partial charge < -0.3 is 16.2 Å². The summed E-state index contributed by atoms with van der Waals surface area (Å²) in [7, 11) is 0. The highest BCUT2D eigenvalue weighted by Gasteiger charge is 2.12. The highest BCUT2D eigenvalue weighted by atomic mass is 16.4. The van der Waals surface area contributed by atoms with Crippen LogP contribution in [-0.4, -0.2) is 39.5 Å². The molecule has 0 aliphatic rings. The van der Waals surface area contributed by atoms with Gasteiger partial charge in [-0.05, 0) is 12.5 Å². The van der Waals surface area contributed by atoms with Gasteiger partial charge in [0.25, 0.3) is 5.91 Å². The average Bonchev–Trinajstić information content (AvgIpc) is 2.29. The highest BCUT2D eigenvalue weighted by Crippen LogP contribution is 1.92. The van der Waals surface area contributed by atoms with Crippen molar-refractivity contribution >= 4 is 11.9 Å². The van der Waals surface area contributed by atoms with Crippen LogP contribution in [0.1, 0.15) is 16.9 Å². The van der Waals surface area contributed by atoms with Gasteiger partial charge in [0.15, 0.2) is 0 Å². The van der Waals surface area contributed by atoms with E-state index in [1.807, 2.05) is 0 Å². The molecule has 7 nitrogen and oxygen atoms in total. The van der Waals surface area contributed by atoms with Gasteiger partial charge in [0, 0.05) is 12.7 Å². The van der Waals surface area contributed by atoms with E-state index in [9.17, 15) is 9.59 Å². The zero-order chi connectivity index (χ0) is 12.0. The Balaban J connectivity index is 2.34. The van der Waals surface area contributed by atoms with Gasteiger partial charge in [-0.1, -0.05) is 0 Å². The SMILES string of the molecule is N[C@@H](CCNC(=O)c1ccncn1)C(=O)O. The van der Waals surface area contributed by atoms with Gasteiger partial charge in [-0.3, -0.25) is 9.59 Å². The van der Waals surface area contributed by atoms with Gasteiger partial charge in [-0.25, -0.2) is 9.97 Å². The van der Waals surface area contributed by atoms with E-state index in [1.54, 1.807) is 0 Å². The Morgan fingerprint density at radius 2 is 2.31 bits per heavy atom. The number of nitrogens with zero attached hydrogens (tertiary/aromatic N) is 2. The number of carbonyl (C=O) groups is 2. The van der Waals surface area contributed by atoms with Crippen molar-refractivity contribution in [3.63, 3.8) is 0 Å². The minimum Gasteiger partial charge on any atom is -0.480 e. The second-order valence-electron chi connectivity index (χ2n) is 3.08. The van der Waals surface area contributed by atoms with Crippen LogP contribution >= 0.6 is 0 Å². The predicted octanol–water partition coefficient (Wildman–Crippen LogP) is -0.992. The lowest BCUT2D eigenvalue weighted by Crippen LogP contribution is -2.35. The fraction of sp³-hybridized carbons (Fsp3) is 0.333. The summed E-state index contributed by atoms with van der Waals surface area (Å²) >= 11 is 0. The maximum absolute atomic E-state index is 11.4. The maximum Gasteiger partial charge on any atom is 0.320 e. The number of carboxylic acid groups (broad SMARTS) is 1. The van der Waals surface area contributed by atoms with E-state index in [0.29, 0.717) is 0 Å². The van der Waals surface area contributed by atoms with E-state index in [1.165, 1.54) is 18.6 Å². The molecule has 0 bridgehead atoms. The Kier molecular flexibility index (Phi) is 4.34. The van der Waals surface area contributed by atoms with Crippen LogP contribution in [-0.2, 0) is 4.79 Å². The van der Waals surface area contributed by atoms with Gasteiger partial charge in [0.1, 0.15) is 18.1 Å². The van der Waals surface area contributed by atoms with Crippen LogP contribution in [0.25, 0.3) is 0 Å². The van der Waals surface area contributed by atoms with Crippen molar-refractivity contribution in [2.75, 3.05) is 6.54 Å². The molecule has 1 aromatic rings. The summed E-state index contributed by atoms with van der Waals surface area (Å²) in [5.41, 5.74) is 5.50. The molecule has 1 amide bonds. The van der Waals surface area contributed by atoms with Gasteiger partial charge in [-0.15, -0.1) is 0 Å². The summed E-state index contributed by atoms with van der Waals surface area (Å²) in [6.45, 7) is 0.191. The lowest BCUT2D eigenvalue weighted by Gasteiger charge is -2.07. The smallest absolute Gasteiger partial charge is 0.320 e. The Hall–Kier alpha value is -2.02. The van der Waals surface area contributed by atoms with Crippen molar-refractivity contribution in [2.24, 2.45) is 5.73 Å². The Morgan fingerprint density at radius 3 is 2.88 bits per heavy atom. The molecule has 1 atom stereocenters. The first kappa shape index (κ1) is 12.1. The summed E-state index contributed by atoms with van der Waals surface area (Å²) < 4.78 is 0. The molecule has 0 unspecified atom stereocenters. The lowest BCUT2D eigenvalue weighted by atomic mass is 10.2. The van der Waals surface area contributed by atoms with Crippen molar-refractivity contribution in [3.8, 4) is 0 Å². The van der Waals surface area contributed by atoms with Gasteiger partial charge >= 0.3 is 5.97 Å². The molecule has 0 radical (unpaired) electrons. The van der Waals surface area contributed by atoms with Gasteiger partial charge in [0.2, 0.25) is 0 Å². The van der Waals surface area contributed by atoms with Crippen molar-refractivity contribution in [3.05, 3.63) is 24.3 Å². The third kappa shape index (κ3) is 3.62. The molecule has 7 heteroatoms. The number of carbonyl (C=O) groups excluding carboxylic acids is 1. The first-order valence-corrected chi connectivity index (χ1v) is 4.64. The molecule has 1 heterocycles. The summed E-state index contributed by atoms with van der Waals surface area (Å²) in [6.07, 6.45) is 2.88. The fourth-order valence-corrected chi connectivity index (χ4v) is 0.980. The number of hydrogen-bond acceptors (Lipinski definition) is 5. The molecular formula is C9H12N4O3. The van der Waals surface area contributed by atoms with Crippen LogP contribution < -0.4 is 11.1 Å². The normalized spacial score (nSPS) is 11.8. The number of hydrogen-bond donors (Lipinski definition) is 3. The number of aliphatic carboxylic acids is 1. The van der Waals surface area contributed by atoms with Crippen LogP contribution in [0.15, 0.2) is 18.6 Å². The summed E-state index contributed by atoms with van der Waals surface area (Å²) in [4.78, 5) is 29.2. The molecule has 0 aliphatic carbocycles. The molecule has 0 aliphatic heterocycles. The third-order valence-electron chi connectivity index (χ3n) is 1.87. The molecular weight excluding hydrogens is 212 g/mol. The average molecular weight is 224 g/mol. The van der Waals surface area contributed by atoms with Crippen molar-refractivity contribution in [2.45, 2.75) is 12.5 Å². The molecule has 0 fully saturated rings. The van der Waals surface area contributed by atoms with E-state index >= 15 is 0 Å². The van der Waals surface area contributed by atoms with Gasteiger partial charge in [0.05, 0.1) is 0 Å². The quantitative estimate of drug-likeness (QED) is 0.590. The lowest BCUT2D eigenvalue weighted by molar-refractivity contribution is -0.138. The van der Waals surface area contributed by atoms with Crippen molar-refractivity contribution < 1.29 is 14.7 Å². The van der Waals surface area contributed by atoms with Crippen molar-refractivity contribution in [1.29, 1.82) is 0 Å². The topological polar surface area (TPSA) is 118 Å². The first-order chi connectivity index (χ1) is 7.61. The molecule has 0 spiro atoms. The first-order valence-electron chi connectivity index (χ1n) is 4.64. The van der Waals surface area contributed by atoms with E-state index in [2.05, 4.69) is 15.3 Å². The molecule has 4 N–H and O–H groups in total. The predicted molar refractivity (Wildman–Crippen MR) is 54.6 cm³/mol. The number of aromatic nitrogens is 2. The number of carboxylic acids is 1. The van der Waals surface area contributed by atoms with Gasteiger partial charge in [-0.2, -0.15) is 0 Å². The summed E-state index contributed by atoms with van der Waals surface area (Å²) in [6, 6.07) is 0.498. The largest absolute Gasteiger partial charge is 0.480 e. The molecule has 1 aromatic heterocycles. The standard InChI is InChI=1S/C9H12N4O3/c10-6(9(15)16)1-4-12-8(14)7-2-3-11-5-13-7/h2-3,5-6H,1,4,10H2,(H,12,14)(H,15,16)/t6-/m0/s1. The molecule has 1 rings (SSSR count). The zero-order valence-corrected chi connectivity index (χ0v) is 8.46. The Bertz CT molecular complexity index is 368. The number of nitrogens with one attached hydrogen (secondary N) is 1. The third-order valence-corrected chi connectivity index (χ3v) is 1.87. The molecule has 0 aromatic carbocycles. The van der Waals surface area contributed by atoms with E-state index in [4.69, 9.17) is 10.8 Å². The van der Waals surface area contributed by atoms with Crippen molar-refractivity contribution in [1.82, 2.24) is 15.3 Å². The molecule has 86 valence electrons.